The van der Waals surface area contributed by atoms with E-state index in [2.05, 4.69) is 4.98 Å². The molecule has 0 saturated carbocycles. The topological polar surface area (TPSA) is 54.7 Å². The normalized spacial score (nSPS) is 12.1. The molecule has 0 aliphatic heterocycles. The Hall–Kier alpha value is -3.85. The number of halogens is 1. The summed E-state index contributed by atoms with van der Waals surface area (Å²) < 4.78 is 44.7. The number of aromatic nitrogens is 2. The van der Waals surface area contributed by atoms with Gasteiger partial charge in [-0.15, -0.1) is 11.3 Å². The van der Waals surface area contributed by atoms with Crippen molar-refractivity contribution in [1.82, 2.24) is 13.7 Å². The second-order valence-electron chi connectivity index (χ2n) is 9.10. The van der Waals surface area contributed by atoms with Crippen LogP contribution in [0, 0.1) is 5.82 Å². The molecule has 2 heterocycles. The molecule has 0 spiro atoms. The minimum absolute atomic E-state index is 0.272. The lowest BCUT2D eigenvalue weighted by Gasteiger charge is -2.22. The van der Waals surface area contributed by atoms with Gasteiger partial charge in [-0.25, -0.2) is 17.8 Å². The number of hydrogen-bond donors (Lipinski definition) is 0. The van der Waals surface area contributed by atoms with Gasteiger partial charge < -0.3 is 0 Å². The van der Waals surface area contributed by atoms with Gasteiger partial charge in [-0.05, 0) is 52.7 Å². The number of rotatable bonds is 8. The molecular formula is C30H24FN3O2S2. The molecule has 190 valence electrons. The first-order chi connectivity index (χ1) is 18.5. The van der Waals surface area contributed by atoms with Gasteiger partial charge in [0.05, 0.1) is 10.6 Å². The zero-order valence-corrected chi connectivity index (χ0v) is 22.0. The maximum absolute atomic E-state index is 13.9. The molecule has 0 unspecified atom stereocenters. The van der Waals surface area contributed by atoms with Crippen molar-refractivity contribution in [3.8, 4) is 11.3 Å². The third-order valence-corrected chi connectivity index (χ3v) is 9.33. The van der Waals surface area contributed by atoms with Crippen molar-refractivity contribution < 1.29 is 12.8 Å². The summed E-state index contributed by atoms with van der Waals surface area (Å²) in [5, 5.41) is 3.90. The smallest absolute Gasteiger partial charge is 0.243 e. The van der Waals surface area contributed by atoms with Gasteiger partial charge in [-0.2, -0.15) is 4.31 Å². The van der Waals surface area contributed by atoms with Crippen molar-refractivity contribution in [1.29, 1.82) is 0 Å². The summed E-state index contributed by atoms with van der Waals surface area (Å²) in [5.41, 5.74) is 3.48. The molecule has 4 aromatic carbocycles. The van der Waals surface area contributed by atoms with Gasteiger partial charge in [0.1, 0.15) is 5.82 Å². The zero-order chi connectivity index (χ0) is 26.1. The lowest BCUT2D eigenvalue weighted by molar-refractivity contribution is 0.408. The van der Waals surface area contributed by atoms with Crippen molar-refractivity contribution in [2.75, 3.05) is 6.54 Å². The fourth-order valence-electron chi connectivity index (χ4n) is 4.56. The average molecular weight is 542 g/mol. The van der Waals surface area contributed by atoms with E-state index in [1.807, 2.05) is 76.6 Å². The molecule has 6 rings (SSSR count). The highest BCUT2D eigenvalue weighted by Crippen LogP contribution is 2.26. The van der Waals surface area contributed by atoms with Gasteiger partial charge in [0.2, 0.25) is 10.0 Å². The number of nitrogens with zero attached hydrogens (tertiary/aromatic N) is 3. The van der Waals surface area contributed by atoms with Gasteiger partial charge in [-0.3, -0.25) is 4.40 Å². The summed E-state index contributed by atoms with van der Waals surface area (Å²) >= 11 is 1.50. The first-order valence-corrected chi connectivity index (χ1v) is 14.5. The van der Waals surface area contributed by atoms with Crippen LogP contribution in [-0.2, 0) is 23.0 Å². The van der Waals surface area contributed by atoms with Crippen molar-refractivity contribution in [3.05, 3.63) is 126 Å². The summed E-state index contributed by atoms with van der Waals surface area (Å²) in [6, 6.07) is 28.9. The largest absolute Gasteiger partial charge is 0.294 e. The summed E-state index contributed by atoms with van der Waals surface area (Å²) in [6.45, 7) is 0.577. The van der Waals surface area contributed by atoms with E-state index in [1.54, 1.807) is 28.6 Å². The SMILES string of the molecule is O=S(=O)(c1ccc2ccccc2c1)N(CCc1csc2nc(-c3ccc(F)cc3)cn12)Cc1ccccc1. The van der Waals surface area contributed by atoms with E-state index >= 15 is 0 Å². The third-order valence-electron chi connectivity index (χ3n) is 6.60. The van der Waals surface area contributed by atoms with Crippen LogP contribution in [0.1, 0.15) is 11.3 Å². The second kappa shape index (κ2) is 10.1. The molecular weight excluding hydrogens is 517 g/mol. The van der Waals surface area contributed by atoms with Crippen molar-refractivity contribution in [2.24, 2.45) is 0 Å². The van der Waals surface area contributed by atoms with Crippen LogP contribution < -0.4 is 0 Å². The highest BCUT2D eigenvalue weighted by molar-refractivity contribution is 7.89. The predicted octanol–water partition coefficient (Wildman–Crippen LogP) is 6.79. The number of thiazole rings is 1. The van der Waals surface area contributed by atoms with E-state index in [-0.39, 0.29) is 17.3 Å². The Kier molecular flexibility index (Phi) is 6.53. The maximum atomic E-state index is 13.9. The average Bonchev–Trinajstić information content (AvgIpc) is 3.53. The van der Waals surface area contributed by atoms with E-state index < -0.39 is 10.0 Å². The first-order valence-electron chi connectivity index (χ1n) is 12.2. The van der Waals surface area contributed by atoms with Crippen molar-refractivity contribution in [3.63, 3.8) is 0 Å². The molecule has 0 fully saturated rings. The maximum Gasteiger partial charge on any atom is 0.243 e. The van der Waals surface area contributed by atoms with Gasteiger partial charge in [0, 0.05) is 42.3 Å². The van der Waals surface area contributed by atoms with E-state index in [0.717, 1.165) is 38.2 Å². The molecule has 0 aliphatic rings. The van der Waals surface area contributed by atoms with Crippen LogP contribution in [0.4, 0.5) is 4.39 Å². The quantitative estimate of drug-likeness (QED) is 0.213. The fourth-order valence-corrected chi connectivity index (χ4v) is 6.93. The van der Waals surface area contributed by atoms with E-state index in [4.69, 9.17) is 0 Å². The Bertz CT molecular complexity index is 1830. The van der Waals surface area contributed by atoms with Crippen LogP contribution in [0.15, 0.2) is 114 Å². The molecule has 8 heteroatoms. The lowest BCUT2D eigenvalue weighted by atomic mass is 10.1. The van der Waals surface area contributed by atoms with E-state index in [0.29, 0.717) is 13.0 Å². The molecule has 0 bridgehead atoms. The molecule has 0 radical (unpaired) electrons. The van der Waals surface area contributed by atoms with Gasteiger partial charge in [0.15, 0.2) is 4.96 Å². The second-order valence-corrected chi connectivity index (χ2v) is 11.9. The van der Waals surface area contributed by atoms with Crippen LogP contribution in [0.2, 0.25) is 0 Å². The van der Waals surface area contributed by atoms with Crippen molar-refractivity contribution in [2.45, 2.75) is 17.9 Å². The minimum atomic E-state index is -3.76. The molecule has 0 saturated heterocycles. The van der Waals surface area contributed by atoms with Crippen LogP contribution in [0.3, 0.4) is 0 Å². The third kappa shape index (κ3) is 4.86. The highest BCUT2D eigenvalue weighted by atomic mass is 32.2. The fraction of sp³-hybridized carbons (Fsp3) is 0.100. The Morgan fingerprint density at radius 1 is 0.868 bits per heavy atom. The van der Waals surface area contributed by atoms with Crippen LogP contribution in [0.5, 0.6) is 0 Å². The molecule has 0 aliphatic carbocycles. The van der Waals surface area contributed by atoms with Crippen LogP contribution >= 0.6 is 11.3 Å². The monoisotopic (exact) mass is 541 g/mol. The molecule has 0 amide bonds. The van der Waals surface area contributed by atoms with Crippen LogP contribution in [-0.4, -0.2) is 28.7 Å². The zero-order valence-electron chi connectivity index (χ0n) is 20.4. The van der Waals surface area contributed by atoms with Gasteiger partial charge in [-0.1, -0.05) is 60.7 Å². The molecule has 2 aromatic heterocycles. The standard InChI is InChI=1S/C30H24FN3O2S2/c31-26-13-10-24(11-14-26)29-20-34-27(21-37-30(34)32-29)16-17-33(19-22-6-2-1-3-7-22)38(35,36)28-15-12-23-8-4-5-9-25(23)18-28/h1-15,18,20-21H,16-17,19H2. The van der Waals surface area contributed by atoms with Gasteiger partial charge >= 0.3 is 0 Å². The Morgan fingerprint density at radius 2 is 1.61 bits per heavy atom. The van der Waals surface area contributed by atoms with E-state index in [1.165, 1.54) is 23.5 Å². The number of imidazole rings is 1. The van der Waals surface area contributed by atoms with Crippen LogP contribution in [0.25, 0.3) is 27.0 Å². The summed E-state index contributed by atoms with van der Waals surface area (Å²) in [4.78, 5) is 5.77. The highest BCUT2D eigenvalue weighted by Gasteiger charge is 2.25. The minimum Gasteiger partial charge on any atom is -0.294 e. The lowest BCUT2D eigenvalue weighted by Crippen LogP contribution is -2.32. The molecule has 0 atom stereocenters. The number of sulfonamides is 1. The summed E-state index contributed by atoms with van der Waals surface area (Å²) in [6.07, 6.45) is 2.44. The van der Waals surface area contributed by atoms with Gasteiger partial charge in [0.25, 0.3) is 0 Å². The first kappa shape index (κ1) is 24.5. The Morgan fingerprint density at radius 3 is 2.39 bits per heavy atom. The van der Waals surface area contributed by atoms with Crippen molar-refractivity contribution >= 4 is 37.1 Å². The number of benzene rings is 4. The predicted molar refractivity (Wildman–Crippen MR) is 150 cm³/mol. The molecule has 6 aromatic rings. The Balaban J connectivity index is 1.31. The van der Waals surface area contributed by atoms with E-state index in [9.17, 15) is 12.8 Å². The number of hydrogen-bond acceptors (Lipinski definition) is 4. The summed E-state index contributed by atoms with van der Waals surface area (Å²) in [5.74, 6) is -0.290. The molecule has 5 nitrogen and oxygen atoms in total. The Labute approximate surface area is 224 Å². The number of fused-ring (bicyclic) bond motifs is 2. The molecule has 0 N–H and O–H groups in total. The summed E-state index contributed by atoms with van der Waals surface area (Å²) in [7, 11) is -3.76. The molecule has 38 heavy (non-hydrogen) atoms.